The molecule has 1 aliphatic rings. The van der Waals surface area contributed by atoms with Crippen LogP contribution in [0.2, 0.25) is 0 Å². The summed E-state index contributed by atoms with van der Waals surface area (Å²) in [4.78, 5) is 17.3. The zero-order chi connectivity index (χ0) is 18.0. The van der Waals surface area contributed by atoms with Crippen molar-refractivity contribution in [1.29, 1.82) is 0 Å². The number of nitrogens with one attached hydrogen (secondary N) is 1. The Morgan fingerprint density at radius 3 is 2.80 bits per heavy atom. The van der Waals surface area contributed by atoms with E-state index in [9.17, 15) is 4.79 Å². The molecule has 1 aliphatic heterocycles. The highest BCUT2D eigenvalue weighted by Gasteiger charge is 2.31. The number of aromatic nitrogens is 1. The number of anilines is 1. The van der Waals surface area contributed by atoms with Crippen LogP contribution in [0.3, 0.4) is 0 Å². The fourth-order valence-electron chi connectivity index (χ4n) is 2.72. The van der Waals surface area contributed by atoms with E-state index in [0.29, 0.717) is 18.2 Å². The first kappa shape index (κ1) is 17.1. The van der Waals surface area contributed by atoms with Crippen molar-refractivity contribution in [2.24, 2.45) is 0 Å². The van der Waals surface area contributed by atoms with Gasteiger partial charge in [0.2, 0.25) is 5.88 Å². The van der Waals surface area contributed by atoms with E-state index in [1.54, 1.807) is 32.4 Å². The molecule has 1 aromatic carbocycles. The van der Waals surface area contributed by atoms with E-state index in [1.807, 2.05) is 12.1 Å². The van der Waals surface area contributed by atoms with Crippen LogP contribution in [0.5, 0.6) is 11.6 Å². The van der Waals surface area contributed by atoms with Gasteiger partial charge in [-0.3, -0.25) is 0 Å². The summed E-state index contributed by atoms with van der Waals surface area (Å²) in [6.45, 7) is 4.55. The maximum Gasteiger partial charge on any atom is 0.321 e. The molecular formula is C19H23N3O3. The molecule has 1 N–H and O–H groups in total. The number of hydrogen-bond acceptors (Lipinski definition) is 4. The lowest BCUT2D eigenvalue weighted by Crippen LogP contribution is -2.27. The van der Waals surface area contributed by atoms with Gasteiger partial charge < -0.3 is 19.7 Å². The van der Waals surface area contributed by atoms with Crippen LogP contribution in [0.1, 0.15) is 25.0 Å². The number of rotatable bonds is 4. The van der Waals surface area contributed by atoms with Gasteiger partial charge >= 0.3 is 6.03 Å². The van der Waals surface area contributed by atoms with E-state index in [0.717, 1.165) is 17.7 Å². The van der Waals surface area contributed by atoms with E-state index >= 15 is 0 Å². The molecule has 1 aromatic heterocycles. The quantitative estimate of drug-likeness (QED) is 0.925. The molecule has 0 saturated heterocycles. The highest BCUT2D eigenvalue weighted by atomic mass is 16.5. The van der Waals surface area contributed by atoms with Gasteiger partial charge in [-0.1, -0.05) is 18.2 Å². The summed E-state index contributed by atoms with van der Waals surface area (Å²) in [5, 5.41) is 2.73. The van der Waals surface area contributed by atoms with Gasteiger partial charge in [-0.25, -0.2) is 9.78 Å². The van der Waals surface area contributed by atoms with Crippen LogP contribution in [0.25, 0.3) is 0 Å². The number of carbonyl (C=O) groups excluding carboxylic acids is 1. The number of urea groups is 1. The SMILES string of the molecule is CN(C)C(=O)Nc1ccc(OCc2cccc3c2OC(C)(C)C3)nc1. The minimum absolute atomic E-state index is 0.178. The molecule has 0 spiro atoms. The lowest BCUT2D eigenvalue weighted by molar-refractivity contribution is 0.135. The Kier molecular flexibility index (Phi) is 4.53. The Morgan fingerprint density at radius 1 is 1.32 bits per heavy atom. The number of benzene rings is 1. The van der Waals surface area contributed by atoms with Crippen molar-refractivity contribution >= 4 is 11.7 Å². The largest absolute Gasteiger partial charge is 0.487 e. The second kappa shape index (κ2) is 6.63. The van der Waals surface area contributed by atoms with Crippen molar-refractivity contribution in [3.05, 3.63) is 47.7 Å². The molecule has 6 nitrogen and oxygen atoms in total. The number of carbonyl (C=O) groups is 1. The van der Waals surface area contributed by atoms with Crippen molar-refractivity contribution < 1.29 is 14.3 Å². The average Bonchev–Trinajstić information content (AvgIpc) is 2.88. The predicted molar refractivity (Wildman–Crippen MR) is 96.1 cm³/mol. The molecule has 0 bridgehead atoms. The topological polar surface area (TPSA) is 63.7 Å². The molecule has 0 unspecified atom stereocenters. The predicted octanol–water partition coefficient (Wildman–Crippen LogP) is 3.47. The Morgan fingerprint density at radius 2 is 2.12 bits per heavy atom. The first-order valence-corrected chi connectivity index (χ1v) is 8.21. The molecule has 0 fully saturated rings. The van der Waals surface area contributed by atoms with Gasteiger partial charge in [0.25, 0.3) is 0 Å². The Hall–Kier alpha value is -2.76. The van der Waals surface area contributed by atoms with Crippen LogP contribution in [-0.2, 0) is 13.0 Å². The van der Waals surface area contributed by atoms with Gasteiger partial charge in [-0.05, 0) is 25.5 Å². The molecule has 132 valence electrons. The van der Waals surface area contributed by atoms with E-state index in [-0.39, 0.29) is 11.6 Å². The van der Waals surface area contributed by atoms with Crippen molar-refractivity contribution in [1.82, 2.24) is 9.88 Å². The van der Waals surface area contributed by atoms with Gasteiger partial charge in [0.05, 0.1) is 11.9 Å². The molecule has 3 rings (SSSR count). The smallest absolute Gasteiger partial charge is 0.321 e. The summed E-state index contributed by atoms with van der Waals surface area (Å²) in [6.07, 6.45) is 2.47. The van der Waals surface area contributed by atoms with Gasteiger partial charge in [0, 0.05) is 32.1 Å². The normalized spacial score (nSPS) is 14.4. The van der Waals surface area contributed by atoms with Crippen LogP contribution in [0, 0.1) is 0 Å². The van der Waals surface area contributed by atoms with Crippen LogP contribution >= 0.6 is 0 Å². The van der Waals surface area contributed by atoms with Gasteiger partial charge in [-0.2, -0.15) is 0 Å². The minimum atomic E-state index is -0.199. The second-order valence-corrected chi connectivity index (χ2v) is 6.94. The number of pyridine rings is 1. The monoisotopic (exact) mass is 341 g/mol. The zero-order valence-corrected chi connectivity index (χ0v) is 15.0. The molecule has 0 radical (unpaired) electrons. The summed E-state index contributed by atoms with van der Waals surface area (Å²) in [7, 11) is 3.36. The first-order valence-electron chi connectivity index (χ1n) is 8.21. The zero-order valence-electron chi connectivity index (χ0n) is 15.0. The standard InChI is InChI=1S/C19H23N3O3/c1-19(2)10-13-6-5-7-14(17(13)25-19)12-24-16-9-8-15(11-20-16)21-18(23)22(3)4/h5-9,11H,10,12H2,1-4H3,(H,21,23). The lowest BCUT2D eigenvalue weighted by Gasteiger charge is -2.18. The minimum Gasteiger partial charge on any atom is -0.487 e. The number of fused-ring (bicyclic) bond motifs is 1. The maximum absolute atomic E-state index is 11.6. The van der Waals surface area contributed by atoms with Crippen LogP contribution in [-0.4, -0.2) is 35.6 Å². The number of para-hydroxylation sites is 1. The highest BCUT2D eigenvalue weighted by molar-refractivity contribution is 5.88. The summed E-state index contributed by atoms with van der Waals surface area (Å²) < 4.78 is 11.8. The van der Waals surface area contributed by atoms with E-state index in [1.165, 1.54) is 10.5 Å². The molecular weight excluding hydrogens is 318 g/mol. The number of nitrogens with zero attached hydrogens (tertiary/aromatic N) is 2. The maximum atomic E-state index is 11.6. The molecule has 6 heteroatoms. The Labute approximate surface area is 147 Å². The number of ether oxygens (including phenoxy) is 2. The van der Waals surface area contributed by atoms with E-state index in [2.05, 4.69) is 30.2 Å². The molecule has 2 heterocycles. The third kappa shape index (κ3) is 4.02. The fraction of sp³-hybridized carbons (Fsp3) is 0.368. The Bertz CT molecular complexity index is 770. The third-order valence-corrected chi connectivity index (χ3v) is 3.94. The molecule has 0 saturated carbocycles. The summed E-state index contributed by atoms with van der Waals surface area (Å²) in [6, 6.07) is 9.42. The van der Waals surface area contributed by atoms with Gasteiger partial charge in [0.1, 0.15) is 18.0 Å². The van der Waals surface area contributed by atoms with Crippen molar-refractivity contribution in [3.63, 3.8) is 0 Å². The molecule has 0 aliphatic carbocycles. The summed E-state index contributed by atoms with van der Waals surface area (Å²) in [5.41, 5.74) is 2.66. The molecule has 25 heavy (non-hydrogen) atoms. The van der Waals surface area contributed by atoms with Crippen molar-refractivity contribution in [3.8, 4) is 11.6 Å². The molecule has 2 amide bonds. The van der Waals surface area contributed by atoms with Crippen molar-refractivity contribution in [2.45, 2.75) is 32.5 Å². The van der Waals surface area contributed by atoms with E-state index < -0.39 is 0 Å². The second-order valence-electron chi connectivity index (χ2n) is 6.94. The van der Waals surface area contributed by atoms with Gasteiger partial charge in [-0.15, -0.1) is 0 Å². The number of hydrogen-bond donors (Lipinski definition) is 1. The van der Waals surface area contributed by atoms with Gasteiger partial charge in [0.15, 0.2) is 0 Å². The fourth-order valence-corrected chi connectivity index (χ4v) is 2.72. The van der Waals surface area contributed by atoms with Crippen molar-refractivity contribution in [2.75, 3.05) is 19.4 Å². The van der Waals surface area contributed by atoms with E-state index in [4.69, 9.17) is 9.47 Å². The van der Waals surface area contributed by atoms with Crippen LogP contribution in [0.15, 0.2) is 36.5 Å². The third-order valence-electron chi connectivity index (χ3n) is 3.94. The molecule has 2 aromatic rings. The number of amides is 2. The highest BCUT2D eigenvalue weighted by Crippen LogP contribution is 2.37. The molecule has 0 atom stereocenters. The van der Waals surface area contributed by atoms with Crippen LogP contribution < -0.4 is 14.8 Å². The summed E-state index contributed by atoms with van der Waals surface area (Å²) >= 11 is 0. The lowest BCUT2D eigenvalue weighted by atomic mass is 10.0. The Balaban J connectivity index is 1.64. The summed E-state index contributed by atoms with van der Waals surface area (Å²) in [5.74, 6) is 1.42. The average molecular weight is 341 g/mol. The first-order chi connectivity index (χ1) is 11.8. The van der Waals surface area contributed by atoms with Crippen LogP contribution in [0.4, 0.5) is 10.5 Å².